The van der Waals surface area contributed by atoms with Crippen molar-refractivity contribution >= 4 is 5.97 Å². The summed E-state index contributed by atoms with van der Waals surface area (Å²) in [5.74, 6) is 1.41. The molecule has 0 heterocycles. The maximum Gasteiger partial charge on any atom is 0.422 e. The van der Waals surface area contributed by atoms with E-state index >= 15 is 0 Å². The highest BCUT2D eigenvalue weighted by Crippen LogP contribution is 2.23. The van der Waals surface area contributed by atoms with E-state index < -0.39 is 18.8 Å². The minimum absolute atomic E-state index is 0.0575. The molecule has 6 heteroatoms. The van der Waals surface area contributed by atoms with Crippen LogP contribution in [0.15, 0.2) is 18.2 Å². The predicted octanol–water partition coefficient (Wildman–Crippen LogP) is 2.40. The molecule has 1 aromatic carbocycles. The highest BCUT2D eigenvalue weighted by molar-refractivity contribution is 5.90. The number of alkyl halides is 3. The maximum absolute atomic E-state index is 12.0. The number of terminal acetylenes is 1. The van der Waals surface area contributed by atoms with E-state index in [1.807, 2.05) is 0 Å². The van der Waals surface area contributed by atoms with Crippen LogP contribution in [0.5, 0.6) is 5.75 Å². The summed E-state index contributed by atoms with van der Waals surface area (Å²) in [7, 11) is 1.19. The first-order chi connectivity index (χ1) is 8.37. The summed E-state index contributed by atoms with van der Waals surface area (Å²) in [5.41, 5.74) is 0.201. The quantitative estimate of drug-likeness (QED) is 0.617. The lowest BCUT2D eigenvalue weighted by atomic mass is 10.1. The molecule has 1 rings (SSSR count). The molecule has 0 atom stereocenters. The van der Waals surface area contributed by atoms with Gasteiger partial charge in [-0.2, -0.15) is 13.2 Å². The summed E-state index contributed by atoms with van der Waals surface area (Å²) in [5, 5.41) is 0. The number of esters is 1. The smallest absolute Gasteiger partial charge is 0.422 e. The third kappa shape index (κ3) is 3.70. The van der Waals surface area contributed by atoms with E-state index in [1.165, 1.54) is 25.3 Å². The van der Waals surface area contributed by atoms with Crippen molar-refractivity contribution in [3.63, 3.8) is 0 Å². The third-order valence-corrected chi connectivity index (χ3v) is 1.95. The maximum atomic E-state index is 12.0. The molecular formula is C12H9F3O3. The van der Waals surface area contributed by atoms with Crippen LogP contribution in [0, 0.1) is 12.3 Å². The number of methoxy groups -OCH3 is 1. The van der Waals surface area contributed by atoms with Crippen LogP contribution in [0.3, 0.4) is 0 Å². The molecule has 0 aliphatic heterocycles. The molecule has 1 aromatic rings. The molecule has 3 nitrogen and oxygen atoms in total. The molecule has 0 aliphatic rings. The first-order valence-corrected chi connectivity index (χ1v) is 4.76. The summed E-state index contributed by atoms with van der Waals surface area (Å²) in [6.07, 6.45) is 0.686. The zero-order chi connectivity index (χ0) is 13.8. The minimum Gasteiger partial charge on any atom is -0.483 e. The Labute approximate surface area is 102 Å². The van der Waals surface area contributed by atoms with Gasteiger partial charge in [0.15, 0.2) is 6.61 Å². The average Bonchev–Trinajstić information content (AvgIpc) is 2.34. The van der Waals surface area contributed by atoms with Crippen LogP contribution in [-0.2, 0) is 4.74 Å². The normalized spacial score (nSPS) is 10.6. The summed E-state index contributed by atoms with van der Waals surface area (Å²) < 4.78 is 45.0. The van der Waals surface area contributed by atoms with Crippen molar-refractivity contribution in [2.24, 2.45) is 0 Å². The van der Waals surface area contributed by atoms with Crippen molar-refractivity contribution in [1.29, 1.82) is 0 Å². The van der Waals surface area contributed by atoms with Crippen molar-refractivity contribution in [2.75, 3.05) is 13.7 Å². The van der Waals surface area contributed by atoms with E-state index in [1.54, 1.807) is 0 Å². The van der Waals surface area contributed by atoms with Gasteiger partial charge in [0, 0.05) is 0 Å². The Morgan fingerprint density at radius 2 is 2.11 bits per heavy atom. The van der Waals surface area contributed by atoms with Gasteiger partial charge in [-0.1, -0.05) is 5.92 Å². The molecule has 0 radical (unpaired) electrons. The lowest BCUT2D eigenvalue weighted by Gasteiger charge is -2.11. The van der Waals surface area contributed by atoms with Gasteiger partial charge in [0.1, 0.15) is 5.75 Å². The summed E-state index contributed by atoms with van der Waals surface area (Å²) in [6, 6.07) is 3.71. The highest BCUT2D eigenvalue weighted by atomic mass is 19.4. The summed E-state index contributed by atoms with van der Waals surface area (Å²) in [6.45, 7) is -1.45. The Morgan fingerprint density at radius 1 is 1.44 bits per heavy atom. The monoisotopic (exact) mass is 258 g/mol. The van der Waals surface area contributed by atoms with Crippen LogP contribution >= 0.6 is 0 Å². The van der Waals surface area contributed by atoms with Crippen LogP contribution in [0.2, 0.25) is 0 Å². The van der Waals surface area contributed by atoms with Crippen molar-refractivity contribution in [3.05, 3.63) is 29.3 Å². The molecule has 96 valence electrons. The fourth-order valence-electron chi connectivity index (χ4n) is 1.17. The fourth-order valence-corrected chi connectivity index (χ4v) is 1.17. The van der Waals surface area contributed by atoms with Gasteiger partial charge in [-0.15, -0.1) is 6.42 Å². The Bertz CT molecular complexity index is 486. The number of halogens is 3. The van der Waals surface area contributed by atoms with Crippen LogP contribution in [0.4, 0.5) is 13.2 Å². The third-order valence-electron chi connectivity index (χ3n) is 1.95. The van der Waals surface area contributed by atoms with E-state index in [0.29, 0.717) is 0 Å². The lowest BCUT2D eigenvalue weighted by molar-refractivity contribution is -0.153. The molecule has 0 amide bonds. The largest absolute Gasteiger partial charge is 0.483 e. The Balaban J connectivity index is 2.95. The SMILES string of the molecule is C#Cc1cc(C(=O)OC)ccc1OCC(F)(F)F. The van der Waals surface area contributed by atoms with Crippen LogP contribution < -0.4 is 4.74 Å². The van der Waals surface area contributed by atoms with Gasteiger partial charge in [-0.05, 0) is 18.2 Å². The van der Waals surface area contributed by atoms with Crippen molar-refractivity contribution < 1.29 is 27.4 Å². The molecule has 0 N–H and O–H groups in total. The van der Waals surface area contributed by atoms with Crippen molar-refractivity contribution in [3.8, 4) is 18.1 Å². The van der Waals surface area contributed by atoms with E-state index in [4.69, 9.17) is 6.42 Å². The topological polar surface area (TPSA) is 35.5 Å². The number of rotatable bonds is 3. The van der Waals surface area contributed by atoms with E-state index in [-0.39, 0.29) is 16.9 Å². The predicted molar refractivity (Wildman–Crippen MR) is 57.3 cm³/mol. The average molecular weight is 258 g/mol. The van der Waals surface area contributed by atoms with Gasteiger partial charge in [-0.25, -0.2) is 4.79 Å². The standard InChI is InChI=1S/C12H9F3O3/c1-3-8-6-9(11(16)17-2)4-5-10(8)18-7-12(13,14)15/h1,4-6H,7H2,2H3. The number of carbonyl (C=O) groups excluding carboxylic acids is 1. The molecular weight excluding hydrogens is 249 g/mol. The second-order valence-electron chi connectivity index (χ2n) is 3.25. The minimum atomic E-state index is -4.45. The molecule has 0 aromatic heterocycles. The number of carbonyl (C=O) groups is 1. The second kappa shape index (κ2) is 5.45. The molecule has 0 bridgehead atoms. The van der Waals surface area contributed by atoms with Crippen molar-refractivity contribution in [2.45, 2.75) is 6.18 Å². The molecule has 0 unspecified atom stereocenters. The van der Waals surface area contributed by atoms with Gasteiger partial charge in [0.25, 0.3) is 0 Å². The van der Waals surface area contributed by atoms with Gasteiger partial charge >= 0.3 is 12.1 Å². The summed E-state index contributed by atoms with van der Waals surface area (Å²) in [4.78, 5) is 11.2. The zero-order valence-electron chi connectivity index (χ0n) is 9.38. The lowest BCUT2D eigenvalue weighted by Crippen LogP contribution is -2.19. The molecule has 0 saturated carbocycles. The first kappa shape index (κ1) is 13.9. The molecule has 18 heavy (non-hydrogen) atoms. The number of hydrogen-bond donors (Lipinski definition) is 0. The number of hydrogen-bond acceptors (Lipinski definition) is 3. The van der Waals surface area contributed by atoms with Crippen LogP contribution in [-0.4, -0.2) is 25.9 Å². The number of benzene rings is 1. The fraction of sp³-hybridized carbons (Fsp3) is 0.250. The molecule has 0 saturated heterocycles. The van der Waals surface area contributed by atoms with Gasteiger partial charge in [0.2, 0.25) is 0 Å². The van der Waals surface area contributed by atoms with E-state index in [0.717, 1.165) is 0 Å². The van der Waals surface area contributed by atoms with E-state index in [2.05, 4.69) is 15.4 Å². The van der Waals surface area contributed by atoms with Gasteiger partial charge in [-0.3, -0.25) is 0 Å². The van der Waals surface area contributed by atoms with Gasteiger partial charge < -0.3 is 9.47 Å². The molecule has 0 spiro atoms. The highest BCUT2D eigenvalue weighted by Gasteiger charge is 2.28. The van der Waals surface area contributed by atoms with Crippen LogP contribution in [0.25, 0.3) is 0 Å². The number of ether oxygens (including phenoxy) is 2. The van der Waals surface area contributed by atoms with Crippen LogP contribution in [0.1, 0.15) is 15.9 Å². The Hall–Kier alpha value is -2.16. The summed E-state index contributed by atoms with van der Waals surface area (Å²) >= 11 is 0. The second-order valence-corrected chi connectivity index (χ2v) is 3.25. The first-order valence-electron chi connectivity index (χ1n) is 4.76. The van der Waals surface area contributed by atoms with E-state index in [9.17, 15) is 18.0 Å². The molecule has 0 aliphatic carbocycles. The molecule has 0 fully saturated rings. The Morgan fingerprint density at radius 3 is 2.61 bits per heavy atom. The van der Waals surface area contributed by atoms with Gasteiger partial charge in [0.05, 0.1) is 18.2 Å². The Kier molecular flexibility index (Phi) is 4.21. The van der Waals surface area contributed by atoms with Crippen molar-refractivity contribution in [1.82, 2.24) is 0 Å². The zero-order valence-corrected chi connectivity index (χ0v) is 9.38.